The second kappa shape index (κ2) is 8.36. The number of aromatic nitrogens is 2. The number of pyridine rings is 1. The number of benzene rings is 2. The summed E-state index contributed by atoms with van der Waals surface area (Å²) in [6.07, 6.45) is 4.63. The zero-order chi connectivity index (χ0) is 21.2. The van der Waals surface area contributed by atoms with Crippen LogP contribution in [0.5, 0.6) is 0 Å². The van der Waals surface area contributed by atoms with Gasteiger partial charge in [0.25, 0.3) is 0 Å². The van der Waals surface area contributed by atoms with Crippen molar-refractivity contribution in [3.63, 3.8) is 0 Å². The van der Waals surface area contributed by atoms with E-state index in [-0.39, 0.29) is 5.91 Å². The summed E-state index contributed by atoms with van der Waals surface area (Å²) < 4.78 is 2.13. The molecule has 1 saturated heterocycles. The average molecular weight is 411 g/mol. The predicted molar refractivity (Wildman–Crippen MR) is 124 cm³/mol. The summed E-state index contributed by atoms with van der Waals surface area (Å²) in [6, 6.07) is 23.4. The van der Waals surface area contributed by atoms with Gasteiger partial charge in [-0.3, -0.25) is 14.1 Å². The van der Waals surface area contributed by atoms with E-state index >= 15 is 0 Å². The lowest BCUT2D eigenvalue weighted by Crippen LogP contribution is -2.29. The van der Waals surface area contributed by atoms with Gasteiger partial charge in [0.2, 0.25) is 5.91 Å². The zero-order valence-corrected chi connectivity index (χ0v) is 17.7. The van der Waals surface area contributed by atoms with E-state index in [0.717, 1.165) is 48.6 Å². The molecule has 156 valence electrons. The molecule has 1 amide bonds. The highest BCUT2D eigenvalue weighted by Gasteiger charge is 2.17. The maximum atomic E-state index is 11.9. The van der Waals surface area contributed by atoms with Gasteiger partial charge in [0.05, 0.1) is 11.9 Å². The van der Waals surface area contributed by atoms with E-state index < -0.39 is 0 Å². The minimum absolute atomic E-state index is 0.239. The number of fused-ring (bicyclic) bond motifs is 1. The number of likely N-dealkylation sites (N-methyl/N-ethyl adjacent to an activating group) is 1. The largest absolute Gasteiger partial charge is 0.344 e. The Morgan fingerprint density at radius 1 is 0.871 bits per heavy atom. The second-order valence-corrected chi connectivity index (χ2v) is 8.19. The van der Waals surface area contributed by atoms with Gasteiger partial charge in [-0.15, -0.1) is 0 Å². The van der Waals surface area contributed by atoms with Crippen LogP contribution < -0.4 is 0 Å². The Morgan fingerprint density at radius 3 is 2.48 bits per heavy atom. The first-order valence-corrected chi connectivity index (χ1v) is 10.8. The van der Waals surface area contributed by atoms with Crippen LogP contribution in [0.3, 0.4) is 0 Å². The van der Waals surface area contributed by atoms with Crippen molar-refractivity contribution in [3.8, 4) is 22.4 Å². The lowest BCUT2D eigenvalue weighted by atomic mass is 10.0. The van der Waals surface area contributed by atoms with Crippen molar-refractivity contribution in [2.75, 3.05) is 26.7 Å². The molecule has 0 N–H and O–H groups in total. The number of nitrogens with zero attached hydrogens (tertiary/aromatic N) is 4. The van der Waals surface area contributed by atoms with Crippen molar-refractivity contribution in [1.29, 1.82) is 0 Å². The molecule has 2 aromatic carbocycles. The number of carbonyl (C=O) groups excluding carboxylic acids is 1. The third-order valence-corrected chi connectivity index (χ3v) is 6.10. The first kappa shape index (κ1) is 19.5. The fourth-order valence-corrected chi connectivity index (χ4v) is 4.17. The smallest absolute Gasteiger partial charge is 0.223 e. The van der Waals surface area contributed by atoms with Gasteiger partial charge in [0.15, 0.2) is 0 Å². The van der Waals surface area contributed by atoms with Crippen LogP contribution in [0.25, 0.3) is 28.0 Å². The summed E-state index contributed by atoms with van der Waals surface area (Å²) >= 11 is 0. The third-order valence-electron chi connectivity index (χ3n) is 6.10. The molecular weight excluding hydrogens is 384 g/mol. The fourth-order valence-electron chi connectivity index (χ4n) is 4.17. The summed E-state index contributed by atoms with van der Waals surface area (Å²) in [5, 5.41) is 0. The quantitative estimate of drug-likeness (QED) is 0.503. The Labute approximate surface area is 182 Å². The first-order chi connectivity index (χ1) is 15.2. The minimum Gasteiger partial charge on any atom is -0.344 e. The molecule has 0 atom stereocenters. The fraction of sp³-hybridized carbons (Fsp3) is 0.231. The molecule has 2 aromatic heterocycles. The maximum absolute atomic E-state index is 11.9. The standard InChI is InChI=1S/C26H26N4O/c1-28-15-16-29(13-12-26(28)31)19-20-7-9-21(10-8-20)23-11-14-30-24(18-27-25(30)17-23)22-5-3-2-4-6-22/h2-11,14,17-18H,12-13,15-16,19H2,1H3. The van der Waals surface area contributed by atoms with Gasteiger partial charge >= 0.3 is 0 Å². The molecule has 0 unspecified atom stereocenters. The summed E-state index contributed by atoms with van der Waals surface area (Å²) in [4.78, 5) is 20.7. The zero-order valence-electron chi connectivity index (χ0n) is 17.7. The molecule has 0 saturated carbocycles. The van der Waals surface area contributed by atoms with Crippen LogP contribution in [0.2, 0.25) is 0 Å². The molecular formula is C26H26N4O. The third kappa shape index (κ3) is 4.09. The van der Waals surface area contributed by atoms with Gasteiger partial charge in [-0.05, 0) is 28.8 Å². The Bertz CT molecular complexity index is 1200. The van der Waals surface area contributed by atoms with Crippen LogP contribution in [0, 0.1) is 0 Å². The summed E-state index contributed by atoms with van der Waals surface area (Å²) in [6.45, 7) is 3.42. The van der Waals surface area contributed by atoms with Crippen molar-refractivity contribution in [1.82, 2.24) is 19.2 Å². The number of amides is 1. The molecule has 5 heteroatoms. The van der Waals surface area contributed by atoms with E-state index in [0.29, 0.717) is 6.42 Å². The van der Waals surface area contributed by atoms with E-state index in [2.05, 4.69) is 69.0 Å². The number of imidazole rings is 1. The predicted octanol–water partition coefficient (Wildman–Crippen LogP) is 4.33. The molecule has 1 aliphatic heterocycles. The van der Waals surface area contributed by atoms with Gasteiger partial charge in [-0.25, -0.2) is 4.98 Å². The van der Waals surface area contributed by atoms with Gasteiger partial charge in [-0.1, -0.05) is 54.6 Å². The molecule has 31 heavy (non-hydrogen) atoms. The van der Waals surface area contributed by atoms with Crippen LogP contribution in [-0.4, -0.2) is 51.8 Å². The van der Waals surface area contributed by atoms with Gasteiger partial charge in [0.1, 0.15) is 5.65 Å². The monoisotopic (exact) mass is 410 g/mol. The Kier molecular flexibility index (Phi) is 5.26. The van der Waals surface area contributed by atoms with Gasteiger partial charge < -0.3 is 4.90 Å². The normalized spacial score (nSPS) is 15.4. The van der Waals surface area contributed by atoms with Crippen molar-refractivity contribution in [2.24, 2.45) is 0 Å². The molecule has 0 bridgehead atoms. The lowest BCUT2D eigenvalue weighted by Gasteiger charge is -2.20. The van der Waals surface area contributed by atoms with Gasteiger partial charge in [0, 0.05) is 51.4 Å². The van der Waals surface area contributed by atoms with E-state index in [1.165, 1.54) is 11.1 Å². The Morgan fingerprint density at radius 2 is 1.68 bits per heavy atom. The van der Waals surface area contributed by atoms with Crippen molar-refractivity contribution in [3.05, 3.63) is 84.7 Å². The van der Waals surface area contributed by atoms with Crippen LogP contribution in [0.4, 0.5) is 0 Å². The summed E-state index contributed by atoms with van der Waals surface area (Å²) in [5.41, 5.74) is 6.81. The Hall–Kier alpha value is -3.44. The SMILES string of the molecule is CN1CCN(Cc2ccc(-c3ccn4c(-c5ccccc5)cnc4c3)cc2)CCC1=O. The molecule has 0 aliphatic carbocycles. The molecule has 1 fully saturated rings. The van der Waals surface area contributed by atoms with Crippen LogP contribution in [0.1, 0.15) is 12.0 Å². The molecule has 4 aromatic rings. The van der Waals surface area contributed by atoms with Gasteiger partial charge in [-0.2, -0.15) is 0 Å². The molecule has 5 nitrogen and oxygen atoms in total. The molecule has 0 spiro atoms. The van der Waals surface area contributed by atoms with E-state index in [4.69, 9.17) is 0 Å². The molecule has 5 rings (SSSR count). The second-order valence-electron chi connectivity index (χ2n) is 8.19. The summed E-state index contributed by atoms with van der Waals surface area (Å²) in [7, 11) is 1.89. The topological polar surface area (TPSA) is 40.9 Å². The minimum atomic E-state index is 0.239. The van der Waals surface area contributed by atoms with Crippen molar-refractivity contribution in [2.45, 2.75) is 13.0 Å². The maximum Gasteiger partial charge on any atom is 0.223 e. The number of hydrogen-bond donors (Lipinski definition) is 0. The molecule has 0 radical (unpaired) electrons. The van der Waals surface area contributed by atoms with E-state index in [9.17, 15) is 4.79 Å². The first-order valence-electron chi connectivity index (χ1n) is 10.8. The number of hydrogen-bond acceptors (Lipinski definition) is 3. The molecule has 1 aliphatic rings. The van der Waals surface area contributed by atoms with E-state index in [1.807, 2.05) is 36.3 Å². The lowest BCUT2D eigenvalue weighted by molar-refractivity contribution is -0.129. The summed E-state index contributed by atoms with van der Waals surface area (Å²) in [5.74, 6) is 0.239. The van der Waals surface area contributed by atoms with E-state index in [1.54, 1.807) is 0 Å². The Balaban J connectivity index is 1.33. The van der Waals surface area contributed by atoms with Crippen LogP contribution >= 0.6 is 0 Å². The van der Waals surface area contributed by atoms with Crippen LogP contribution in [0.15, 0.2) is 79.1 Å². The van der Waals surface area contributed by atoms with Crippen molar-refractivity contribution >= 4 is 11.6 Å². The highest BCUT2D eigenvalue weighted by atomic mass is 16.2. The number of rotatable bonds is 4. The van der Waals surface area contributed by atoms with Crippen molar-refractivity contribution < 1.29 is 4.79 Å². The van der Waals surface area contributed by atoms with Crippen LogP contribution in [-0.2, 0) is 11.3 Å². The number of carbonyl (C=O) groups is 1. The highest BCUT2D eigenvalue weighted by molar-refractivity contribution is 5.76. The highest BCUT2D eigenvalue weighted by Crippen LogP contribution is 2.25. The molecule has 3 heterocycles. The average Bonchev–Trinajstić information content (AvgIpc) is 3.17.